The van der Waals surface area contributed by atoms with Crippen molar-refractivity contribution in [2.24, 2.45) is 5.92 Å². The van der Waals surface area contributed by atoms with Crippen LogP contribution in [0.1, 0.15) is 27.2 Å². The fraction of sp³-hybridized carbons (Fsp3) is 0.538. The van der Waals surface area contributed by atoms with E-state index in [2.05, 4.69) is 45.2 Å². The van der Waals surface area contributed by atoms with Gasteiger partial charge in [-0.25, -0.2) is 0 Å². The Bertz CT molecular complexity index is 215. The topological polar surface area (TPSA) is 3.24 Å². The minimum absolute atomic E-state index is 0.251. The van der Waals surface area contributed by atoms with Crippen molar-refractivity contribution >= 4 is 0 Å². The van der Waals surface area contributed by atoms with Gasteiger partial charge in [-0.15, -0.1) is 6.58 Å². The normalized spacial score (nSPS) is 15.1. The number of hydrogen-bond donors (Lipinski definition) is 0. The van der Waals surface area contributed by atoms with Gasteiger partial charge in [0.2, 0.25) is 0 Å². The molecule has 0 saturated carbocycles. The van der Waals surface area contributed by atoms with Gasteiger partial charge in [0.1, 0.15) is 0 Å². The van der Waals surface area contributed by atoms with Crippen LogP contribution in [-0.2, 0) is 0 Å². The van der Waals surface area contributed by atoms with Crippen LogP contribution in [0.15, 0.2) is 37.1 Å². The molecule has 0 aromatic heterocycles. The van der Waals surface area contributed by atoms with E-state index in [-0.39, 0.29) is 6.04 Å². The van der Waals surface area contributed by atoms with Gasteiger partial charge >= 0.3 is 0 Å². The Morgan fingerprint density at radius 3 is 2.43 bits per heavy atom. The number of allylic oxidation sites excluding steroid dienone is 1. The zero-order valence-corrected chi connectivity index (χ0v) is 9.96. The molecule has 0 radical (unpaired) electrons. The van der Waals surface area contributed by atoms with Crippen molar-refractivity contribution < 1.29 is 0 Å². The highest BCUT2D eigenvalue weighted by Gasteiger charge is 2.15. The maximum absolute atomic E-state index is 4.15. The third kappa shape index (κ3) is 3.41. The molecular formula is C13H23N. The van der Waals surface area contributed by atoms with Gasteiger partial charge in [0.05, 0.1) is 6.04 Å². The molecule has 0 spiro atoms. The second-order valence-corrected chi connectivity index (χ2v) is 3.71. The van der Waals surface area contributed by atoms with Gasteiger partial charge in [-0.3, -0.25) is 0 Å². The van der Waals surface area contributed by atoms with Gasteiger partial charge in [-0.2, -0.15) is 0 Å². The number of nitrogens with zero attached hydrogens (tertiary/aromatic N) is 1. The molecule has 0 aliphatic carbocycles. The van der Waals surface area contributed by atoms with Gasteiger partial charge in [-0.05, 0) is 31.0 Å². The Hall–Kier alpha value is -0.980. The van der Waals surface area contributed by atoms with E-state index in [4.69, 9.17) is 0 Å². The van der Waals surface area contributed by atoms with E-state index in [9.17, 15) is 0 Å². The number of hydrogen-bond acceptors (Lipinski definition) is 1. The van der Waals surface area contributed by atoms with E-state index in [1.165, 1.54) is 5.57 Å². The quantitative estimate of drug-likeness (QED) is 0.582. The van der Waals surface area contributed by atoms with Crippen molar-refractivity contribution in [3.05, 3.63) is 37.1 Å². The average Bonchev–Trinajstić information content (AvgIpc) is 2.18. The minimum atomic E-state index is 0.251. The summed E-state index contributed by atoms with van der Waals surface area (Å²) in [5.74, 6) is 0.547. The SMILES string of the molecule is C=CC(C(=C)C(C)CC)N(C)/C=C\C. The molecule has 0 bridgehead atoms. The summed E-state index contributed by atoms with van der Waals surface area (Å²) in [6.45, 7) is 14.4. The van der Waals surface area contributed by atoms with Gasteiger partial charge in [0.25, 0.3) is 0 Å². The Labute approximate surface area is 88.8 Å². The molecule has 0 fully saturated rings. The van der Waals surface area contributed by atoms with E-state index >= 15 is 0 Å². The van der Waals surface area contributed by atoms with E-state index in [1.807, 2.05) is 19.1 Å². The zero-order valence-electron chi connectivity index (χ0n) is 9.96. The van der Waals surface area contributed by atoms with Crippen molar-refractivity contribution in [3.63, 3.8) is 0 Å². The Morgan fingerprint density at radius 1 is 1.50 bits per heavy atom. The Morgan fingerprint density at radius 2 is 2.07 bits per heavy atom. The highest BCUT2D eigenvalue weighted by molar-refractivity contribution is 5.17. The van der Waals surface area contributed by atoms with Crippen LogP contribution in [0.25, 0.3) is 0 Å². The Kier molecular flexibility index (Phi) is 6.02. The summed E-state index contributed by atoms with van der Waals surface area (Å²) in [7, 11) is 2.06. The van der Waals surface area contributed by atoms with Crippen LogP contribution in [0, 0.1) is 5.92 Å². The highest BCUT2D eigenvalue weighted by Crippen LogP contribution is 2.20. The second kappa shape index (κ2) is 6.47. The molecule has 0 N–H and O–H groups in total. The first-order valence-electron chi connectivity index (χ1n) is 5.24. The van der Waals surface area contributed by atoms with E-state index in [1.54, 1.807) is 0 Å². The largest absolute Gasteiger partial charge is 0.371 e. The van der Waals surface area contributed by atoms with Gasteiger partial charge in [-0.1, -0.05) is 32.6 Å². The number of likely N-dealkylation sites (N-methyl/N-ethyl adjacent to an activating group) is 1. The minimum Gasteiger partial charge on any atom is -0.371 e. The highest BCUT2D eigenvalue weighted by atomic mass is 15.1. The fourth-order valence-corrected chi connectivity index (χ4v) is 1.46. The molecule has 14 heavy (non-hydrogen) atoms. The predicted octanol–water partition coefficient (Wildman–Crippen LogP) is 3.61. The Balaban J connectivity index is 4.55. The lowest BCUT2D eigenvalue weighted by atomic mass is 9.93. The van der Waals surface area contributed by atoms with Crippen LogP contribution >= 0.6 is 0 Å². The maximum Gasteiger partial charge on any atom is 0.0675 e. The molecular weight excluding hydrogens is 170 g/mol. The first-order valence-corrected chi connectivity index (χ1v) is 5.24. The smallest absolute Gasteiger partial charge is 0.0675 e. The fourth-order valence-electron chi connectivity index (χ4n) is 1.46. The molecule has 0 heterocycles. The van der Waals surface area contributed by atoms with Crippen LogP contribution in [-0.4, -0.2) is 18.0 Å². The molecule has 0 aliphatic rings. The summed E-state index contributed by atoms with van der Waals surface area (Å²) in [6, 6.07) is 0.251. The van der Waals surface area contributed by atoms with Crippen molar-refractivity contribution in [2.45, 2.75) is 33.2 Å². The zero-order chi connectivity index (χ0) is 11.1. The summed E-state index contributed by atoms with van der Waals surface area (Å²) < 4.78 is 0. The summed E-state index contributed by atoms with van der Waals surface area (Å²) in [5.41, 5.74) is 1.24. The summed E-state index contributed by atoms with van der Waals surface area (Å²) in [4.78, 5) is 2.14. The molecule has 0 aliphatic heterocycles. The lowest BCUT2D eigenvalue weighted by Crippen LogP contribution is -2.28. The maximum atomic E-state index is 4.15. The number of rotatable bonds is 6. The molecule has 0 amide bonds. The molecule has 0 aromatic carbocycles. The monoisotopic (exact) mass is 193 g/mol. The van der Waals surface area contributed by atoms with Crippen LogP contribution in [0.2, 0.25) is 0 Å². The molecule has 2 unspecified atom stereocenters. The lowest BCUT2D eigenvalue weighted by Gasteiger charge is -2.28. The molecule has 2 atom stereocenters. The van der Waals surface area contributed by atoms with Gasteiger partial charge in [0, 0.05) is 7.05 Å². The molecule has 1 nitrogen and oxygen atoms in total. The first kappa shape index (κ1) is 13.0. The molecule has 0 rings (SSSR count). The van der Waals surface area contributed by atoms with Crippen LogP contribution < -0.4 is 0 Å². The predicted molar refractivity (Wildman–Crippen MR) is 65.2 cm³/mol. The third-order valence-electron chi connectivity index (χ3n) is 2.67. The molecule has 80 valence electrons. The lowest BCUT2D eigenvalue weighted by molar-refractivity contribution is 0.396. The average molecular weight is 193 g/mol. The van der Waals surface area contributed by atoms with E-state index < -0.39 is 0 Å². The summed E-state index contributed by atoms with van der Waals surface area (Å²) in [6.07, 6.45) is 7.17. The van der Waals surface area contributed by atoms with Crippen LogP contribution in [0.3, 0.4) is 0 Å². The van der Waals surface area contributed by atoms with Crippen molar-refractivity contribution in [3.8, 4) is 0 Å². The molecule has 0 aromatic rings. The molecule has 1 heteroatoms. The van der Waals surface area contributed by atoms with E-state index in [0.29, 0.717) is 5.92 Å². The standard InChI is InChI=1S/C13H23N/c1-7-10-14(6)13(9-3)12(5)11(4)8-2/h7,9-11,13H,3,5,8H2,1-2,4,6H3/b10-7-. The summed E-state index contributed by atoms with van der Waals surface area (Å²) in [5, 5.41) is 0. The molecule has 0 saturated heterocycles. The van der Waals surface area contributed by atoms with Crippen molar-refractivity contribution in [2.75, 3.05) is 7.05 Å². The van der Waals surface area contributed by atoms with Gasteiger partial charge in [0.15, 0.2) is 0 Å². The summed E-state index contributed by atoms with van der Waals surface area (Å²) >= 11 is 0. The first-order chi connectivity index (χ1) is 6.58. The third-order valence-corrected chi connectivity index (χ3v) is 2.67. The van der Waals surface area contributed by atoms with E-state index in [0.717, 1.165) is 6.42 Å². The van der Waals surface area contributed by atoms with Crippen molar-refractivity contribution in [1.82, 2.24) is 4.90 Å². The van der Waals surface area contributed by atoms with Crippen molar-refractivity contribution in [1.29, 1.82) is 0 Å². The van der Waals surface area contributed by atoms with Crippen LogP contribution in [0.4, 0.5) is 0 Å². The van der Waals surface area contributed by atoms with Gasteiger partial charge < -0.3 is 4.90 Å². The second-order valence-electron chi connectivity index (χ2n) is 3.71. The van der Waals surface area contributed by atoms with Crippen LogP contribution in [0.5, 0.6) is 0 Å².